The number of nitrogens with one attached hydrogen (secondary N) is 1. The van der Waals surface area contributed by atoms with Crippen molar-refractivity contribution in [2.24, 2.45) is 5.73 Å². The summed E-state index contributed by atoms with van der Waals surface area (Å²) in [6.45, 7) is 3.57. The normalized spacial score (nSPS) is 26.8. The second-order valence-electron chi connectivity index (χ2n) is 8.91. The van der Waals surface area contributed by atoms with Gasteiger partial charge in [-0.05, 0) is 43.9 Å². The van der Waals surface area contributed by atoms with Crippen molar-refractivity contribution in [3.63, 3.8) is 0 Å². The molecule has 32 heavy (non-hydrogen) atoms. The van der Waals surface area contributed by atoms with Crippen molar-refractivity contribution in [1.29, 1.82) is 5.26 Å². The van der Waals surface area contributed by atoms with Gasteiger partial charge in [-0.25, -0.2) is 0 Å². The summed E-state index contributed by atoms with van der Waals surface area (Å²) in [4.78, 5) is 43.2. The highest BCUT2D eigenvalue weighted by atomic mass is 16.2. The first-order valence-corrected chi connectivity index (χ1v) is 11.2. The number of carbonyl (C=O) groups excluding carboxylic acids is 3. The van der Waals surface area contributed by atoms with E-state index >= 15 is 0 Å². The number of likely N-dealkylation sites (tertiary alicyclic amines) is 3. The molecule has 3 amide bonds. The minimum atomic E-state index is -0.737. The molecule has 1 aromatic rings. The molecule has 4 rings (SSSR count). The first-order chi connectivity index (χ1) is 15.3. The van der Waals surface area contributed by atoms with Crippen LogP contribution in [0.2, 0.25) is 0 Å². The Labute approximate surface area is 188 Å². The van der Waals surface area contributed by atoms with Gasteiger partial charge in [0.1, 0.15) is 6.04 Å². The monoisotopic (exact) mass is 438 g/mol. The Morgan fingerprint density at radius 1 is 1.31 bits per heavy atom. The molecule has 2 bridgehead atoms. The van der Waals surface area contributed by atoms with Gasteiger partial charge in [-0.1, -0.05) is 12.1 Å². The molecule has 9 nitrogen and oxygen atoms in total. The van der Waals surface area contributed by atoms with Crippen molar-refractivity contribution in [2.75, 3.05) is 26.7 Å². The van der Waals surface area contributed by atoms with Gasteiger partial charge in [0.05, 0.1) is 24.2 Å². The lowest BCUT2D eigenvalue weighted by atomic mass is 10.0. The summed E-state index contributed by atoms with van der Waals surface area (Å²) in [5, 5.41) is 11.8. The zero-order valence-electron chi connectivity index (χ0n) is 18.5. The van der Waals surface area contributed by atoms with Crippen LogP contribution in [-0.4, -0.2) is 83.3 Å². The van der Waals surface area contributed by atoms with Crippen LogP contribution in [0.5, 0.6) is 0 Å². The van der Waals surface area contributed by atoms with E-state index in [1.165, 1.54) is 0 Å². The maximum absolute atomic E-state index is 13.2. The number of rotatable bonds is 6. The fraction of sp³-hybridized carbons (Fsp3) is 0.565. The number of nitriles is 1. The molecule has 3 fully saturated rings. The standard InChI is InChI=1S/C23H30N6O3/c1-14(15-5-7-16(8-6-15)21(30)26-2)29-18-10-20(23(29)32)27(12-18)13-19(25)22(31)28-9-3-4-17(28)11-24/h5-8,14,17-20H,3-4,9-10,12-13,25H2,1-2H3,(H,26,30)/t14-,17-,18?,19-,20-/m0/s1. The van der Waals surface area contributed by atoms with Crippen LogP contribution in [0.3, 0.4) is 0 Å². The highest BCUT2D eigenvalue weighted by Crippen LogP contribution is 2.38. The van der Waals surface area contributed by atoms with E-state index in [1.807, 2.05) is 28.9 Å². The van der Waals surface area contributed by atoms with Crippen LogP contribution in [0.15, 0.2) is 24.3 Å². The summed E-state index contributed by atoms with van der Waals surface area (Å²) in [7, 11) is 1.59. The molecule has 9 heteroatoms. The molecule has 1 unspecified atom stereocenters. The number of carbonyl (C=O) groups is 3. The van der Waals surface area contributed by atoms with Crippen LogP contribution in [0, 0.1) is 11.3 Å². The van der Waals surface area contributed by atoms with Gasteiger partial charge < -0.3 is 20.9 Å². The maximum atomic E-state index is 13.2. The fourth-order valence-electron chi connectivity index (χ4n) is 5.33. The highest BCUT2D eigenvalue weighted by Gasteiger charge is 2.51. The minimum absolute atomic E-state index is 0.0554. The summed E-state index contributed by atoms with van der Waals surface area (Å²) in [6, 6.07) is 8.08. The Morgan fingerprint density at radius 2 is 2.03 bits per heavy atom. The Morgan fingerprint density at radius 3 is 2.66 bits per heavy atom. The molecule has 1 aromatic carbocycles. The molecule has 0 radical (unpaired) electrons. The van der Waals surface area contributed by atoms with Crippen LogP contribution in [0.1, 0.15) is 48.1 Å². The first kappa shape index (κ1) is 22.2. The fourth-order valence-corrected chi connectivity index (χ4v) is 5.33. The number of nitrogens with zero attached hydrogens (tertiary/aromatic N) is 4. The summed E-state index contributed by atoms with van der Waals surface area (Å²) in [5.41, 5.74) is 7.77. The molecule has 5 atom stereocenters. The molecular formula is C23H30N6O3. The van der Waals surface area contributed by atoms with Gasteiger partial charge in [0.15, 0.2) is 0 Å². The molecule has 3 heterocycles. The number of amides is 3. The number of nitrogens with two attached hydrogens (primary N) is 1. The van der Waals surface area contributed by atoms with E-state index in [1.54, 1.807) is 24.1 Å². The summed E-state index contributed by atoms with van der Waals surface area (Å²) >= 11 is 0. The second kappa shape index (κ2) is 8.88. The van der Waals surface area contributed by atoms with Crippen LogP contribution in [0.4, 0.5) is 0 Å². The van der Waals surface area contributed by atoms with Crippen LogP contribution >= 0.6 is 0 Å². The highest BCUT2D eigenvalue weighted by molar-refractivity contribution is 5.94. The lowest BCUT2D eigenvalue weighted by Gasteiger charge is -2.38. The molecular weight excluding hydrogens is 408 g/mol. The van der Waals surface area contributed by atoms with Gasteiger partial charge in [0, 0.05) is 38.3 Å². The SMILES string of the molecule is CNC(=O)c1ccc([C@H](C)N2C(=O)[C@@H]3CC2CN3C[C@H](N)C(=O)N2CCC[C@H]2C#N)cc1. The van der Waals surface area contributed by atoms with E-state index < -0.39 is 12.1 Å². The third-order valence-corrected chi connectivity index (χ3v) is 7.05. The molecule has 3 N–H and O–H groups in total. The first-order valence-electron chi connectivity index (χ1n) is 11.2. The van der Waals surface area contributed by atoms with Crippen molar-refractivity contribution < 1.29 is 14.4 Å². The van der Waals surface area contributed by atoms with Gasteiger partial charge in [0.2, 0.25) is 11.8 Å². The predicted molar refractivity (Wildman–Crippen MR) is 117 cm³/mol. The van der Waals surface area contributed by atoms with Crippen molar-refractivity contribution in [3.8, 4) is 6.07 Å². The smallest absolute Gasteiger partial charge is 0.251 e. The number of piperazine rings is 1. The van der Waals surface area contributed by atoms with Crippen molar-refractivity contribution >= 4 is 17.7 Å². The number of hydrogen-bond acceptors (Lipinski definition) is 6. The molecule has 0 spiro atoms. The molecule has 3 aliphatic heterocycles. The van der Waals surface area contributed by atoms with Crippen molar-refractivity contribution in [3.05, 3.63) is 35.4 Å². The number of hydrogen-bond donors (Lipinski definition) is 2. The third-order valence-electron chi connectivity index (χ3n) is 7.05. The minimum Gasteiger partial charge on any atom is -0.355 e. The predicted octanol–water partition coefficient (Wildman–Crippen LogP) is 0.234. The Hall–Kier alpha value is -2.96. The topological polar surface area (TPSA) is 123 Å². The van der Waals surface area contributed by atoms with Gasteiger partial charge in [0.25, 0.3) is 5.91 Å². The maximum Gasteiger partial charge on any atom is 0.251 e. The Bertz CT molecular complexity index is 942. The Balaban J connectivity index is 1.38. The largest absolute Gasteiger partial charge is 0.355 e. The lowest BCUT2D eigenvalue weighted by molar-refractivity contribution is -0.140. The van der Waals surface area contributed by atoms with Crippen LogP contribution < -0.4 is 11.1 Å². The lowest BCUT2D eigenvalue weighted by Crippen LogP contribution is -2.56. The molecule has 3 aliphatic rings. The summed E-state index contributed by atoms with van der Waals surface area (Å²) in [5.74, 6) is -0.289. The molecule has 0 aromatic heterocycles. The van der Waals surface area contributed by atoms with Crippen molar-refractivity contribution in [2.45, 2.75) is 56.4 Å². The summed E-state index contributed by atoms with van der Waals surface area (Å²) in [6.07, 6.45) is 2.24. The molecule has 0 saturated carbocycles. The van der Waals surface area contributed by atoms with Gasteiger partial charge >= 0.3 is 0 Å². The van der Waals surface area contributed by atoms with Crippen LogP contribution in [-0.2, 0) is 9.59 Å². The zero-order valence-corrected chi connectivity index (χ0v) is 18.5. The number of fused-ring (bicyclic) bond motifs is 2. The van der Waals surface area contributed by atoms with Gasteiger partial charge in [-0.15, -0.1) is 0 Å². The number of benzene rings is 1. The van der Waals surface area contributed by atoms with Gasteiger partial charge in [-0.2, -0.15) is 5.26 Å². The van der Waals surface area contributed by atoms with E-state index in [0.717, 1.165) is 18.4 Å². The van der Waals surface area contributed by atoms with Gasteiger partial charge in [-0.3, -0.25) is 19.3 Å². The Kier molecular flexibility index (Phi) is 6.17. The summed E-state index contributed by atoms with van der Waals surface area (Å²) < 4.78 is 0. The second-order valence-corrected chi connectivity index (χ2v) is 8.91. The molecule has 170 valence electrons. The van der Waals surface area contributed by atoms with E-state index in [9.17, 15) is 19.6 Å². The van der Waals surface area contributed by atoms with Crippen LogP contribution in [0.25, 0.3) is 0 Å². The molecule has 0 aliphatic carbocycles. The van der Waals surface area contributed by atoms with E-state index in [2.05, 4.69) is 11.4 Å². The average Bonchev–Trinajstić information content (AvgIpc) is 3.52. The quantitative estimate of drug-likeness (QED) is 0.656. The van der Waals surface area contributed by atoms with E-state index in [4.69, 9.17) is 5.73 Å². The third kappa shape index (κ3) is 3.85. The molecule has 3 saturated heterocycles. The van der Waals surface area contributed by atoms with E-state index in [0.29, 0.717) is 31.6 Å². The van der Waals surface area contributed by atoms with E-state index in [-0.39, 0.29) is 35.8 Å². The zero-order chi connectivity index (χ0) is 23.0. The van der Waals surface area contributed by atoms with Crippen molar-refractivity contribution in [1.82, 2.24) is 20.0 Å². The average molecular weight is 439 g/mol.